The standard InChI is InChI=1S/C14H21ClN2O2/c1-10(13-3-2-6-16-14(13)15)17-7-12(18)9-19-8-11-4-5-11/h2-3,6,10-12,17-18H,4-5,7-9H2,1H3. The van der Waals surface area contributed by atoms with Gasteiger partial charge in [0.25, 0.3) is 0 Å². The molecule has 19 heavy (non-hydrogen) atoms. The third-order valence-electron chi connectivity index (χ3n) is 3.27. The lowest BCUT2D eigenvalue weighted by Gasteiger charge is -2.18. The molecule has 1 heterocycles. The highest BCUT2D eigenvalue weighted by molar-refractivity contribution is 6.30. The van der Waals surface area contributed by atoms with E-state index in [0.29, 0.717) is 18.3 Å². The molecule has 4 nitrogen and oxygen atoms in total. The van der Waals surface area contributed by atoms with Crippen LogP contribution in [0.3, 0.4) is 0 Å². The number of aliphatic hydroxyl groups excluding tert-OH is 1. The SMILES string of the molecule is CC(NCC(O)COCC1CC1)c1cccnc1Cl. The van der Waals surface area contributed by atoms with Gasteiger partial charge < -0.3 is 15.2 Å². The monoisotopic (exact) mass is 284 g/mol. The summed E-state index contributed by atoms with van der Waals surface area (Å²) < 4.78 is 5.45. The molecule has 2 atom stereocenters. The second kappa shape index (κ2) is 7.20. The summed E-state index contributed by atoms with van der Waals surface area (Å²) in [6.07, 6.45) is 3.71. The van der Waals surface area contributed by atoms with Crippen molar-refractivity contribution < 1.29 is 9.84 Å². The van der Waals surface area contributed by atoms with Gasteiger partial charge in [-0.25, -0.2) is 4.98 Å². The highest BCUT2D eigenvalue weighted by Crippen LogP contribution is 2.28. The molecule has 1 fully saturated rings. The minimum absolute atomic E-state index is 0.0549. The number of ether oxygens (including phenoxy) is 1. The maximum absolute atomic E-state index is 9.81. The van der Waals surface area contributed by atoms with E-state index >= 15 is 0 Å². The van der Waals surface area contributed by atoms with Crippen molar-refractivity contribution in [1.82, 2.24) is 10.3 Å². The summed E-state index contributed by atoms with van der Waals surface area (Å²) in [5.41, 5.74) is 0.940. The molecule has 0 bridgehead atoms. The van der Waals surface area contributed by atoms with Crippen molar-refractivity contribution in [1.29, 1.82) is 0 Å². The van der Waals surface area contributed by atoms with Crippen LogP contribution >= 0.6 is 11.6 Å². The Kier molecular flexibility index (Phi) is 5.58. The molecule has 1 saturated carbocycles. The third-order valence-corrected chi connectivity index (χ3v) is 3.59. The van der Waals surface area contributed by atoms with Gasteiger partial charge in [-0.1, -0.05) is 17.7 Å². The summed E-state index contributed by atoms with van der Waals surface area (Å²) in [5.74, 6) is 0.730. The first kappa shape index (κ1) is 14.7. The van der Waals surface area contributed by atoms with Crippen molar-refractivity contribution in [2.24, 2.45) is 5.92 Å². The Morgan fingerprint density at radius 2 is 2.37 bits per heavy atom. The zero-order chi connectivity index (χ0) is 13.7. The summed E-state index contributed by atoms with van der Waals surface area (Å²) in [7, 11) is 0. The molecule has 0 aromatic carbocycles. The van der Waals surface area contributed by atoms with E-state index in [0.717, 1.165) is 18.1 Å². The first-order valence-electron chi connectivity index (χ1n) is 6.76. The van der Waals surface area contributed by atoms with E-state index in [4.69, 9.17) is 16.3 Å². The maximum Gasteiger partial charge on any atom is 0.133 e. The van der Waals surface area contributed by atoms with Gasteiger partial charge in [-0.15, -0.1) is 0 Å². The van der Waals surface area contributed by atoms with Gasteiger partial charge in [0.1, 0.15) is 5.15 Å². The van der Waals surface area contributed by atoms with E-state index in [-0.39, 0.29) is 6.04 Å². The molecule has 2 unspecified atom stereocenters. The van der Waals surface area contributed by atoms with Crippen LogP contribution in [-0.2, 0) is 4.74 Å². The molecule has 1 aliphatic rings. The van der Waals surface area contributed by atoms with Crippen LogP contribution in [0.5, 0.6) is 0 Å². The molecule has 0 amide bonds. The normalized spacial score (nSPS) is 18.3. The zero-order valence-electron chi connectivity index (χ0n) is 11.2. The van der Waals surface area contributed by atoms with E-state index in [1.807, 2.05) is 19.1 Å². The lowest BCUT2D eigenvalue weighted by Crippen LogP contribution is -2.32. The number of aliphatic hydroxyl groups is 1. The van der Waals surface area contributed by atoms with Crippen molar-refractivity contribution in [2.75, 3.05) is 19.8 Å². The van der Waals surface area contributed by atoms with E-state index in [1.165, 1.54) is 12.8 Å². The fourth-order valence-electron chi connectivity index (χ4n) is 1.86. The first-order chi connectivity index (χ1) is 9.16. The molecular formula is C14H21ClN2O2. The third kappa shape index (κ3) is 5.07. The predicted molar refractivity (Wildman–Crippen MR) is 75.2 cm³/mol. The highest BCUT2D eigenvalue weighted by Gasteiger charge is 2.21. The highest BCUT2D eigenvalue weighted by atomic mass is 35.5. The van der Waals surface area contributed by atoms with Crippen LogP contribution in [0.1, 0.15) is 31.4 Å². The average molecular weight is 285 g/mol. The fraction of sp³-hybridized carbons (Fsp3) is 0.643. The zero-order valence-corrected chi connectivity index (χ0v) is 11.9. The van der Waals surface area contributed by atoms with Gasteiger partial charge in [0.15, 0.2) is 0 Å². The van der Waals surface area contributed by atoms with Crippen molar-refractivity contribution in [3.63, 3.8) is 0 Å². The molecule has 2 rings (SSSR count). The second-order valence-electron chi connectivity index (χ2n) is 5.15. The molecule has 0 aliphatic heterocycles. The fourth-order valence-corrected chi connectivity index (χ4v) is 2.14. The number of halogens is 1. The van der Waals surface area contributed by atoms with Crippen LogP contribution in [-0.4, -0.2) is 36.0 Å². The summed E-state index contributed by atoms with van der Waals surface area (Å²) in [5, 5.41) is 13.6. The summed E-state index contributed by atoms with van der Waals surface area (Å²) in [6, 6.07) is 3.84. The molecule has 0 spiro atoms. The average Bonchev–Trinajstić information content (AvgIpc) is 3.20. The molecule has 1 aromatic rings. The molecule has 106 valence electrons. The molecular weight excluding hydrogens is 264 g/mol. The van der Waals surface area contributed by atoms with Gasteiger partial charge in [-0.3, -0.25) is 0 Å². The van der Waals surface area contributed by atoms with Gasteiger partial charge in [0.05, 0.1) is 12.7 Å². The number of aromatic nitrogens is 1. The Balaban J connectivity index is 1.67. The number of rotatable bonds is 8. The van der Waals surface area contributed by atoms with Crippen molar-refractivity contribution in [3.05, 3.63) is 29.0 Å². The summed E-state index contributed by atoms with van der Waals surface area (Å²) in [4.78, 5) is 4.04. The second-order valence-corrected chi connectivity index (χ2v) is 5.51. The molecule has 5 heteroatoms. The van der Waals surface area contributed by atoms with Gasteiger partial charge >= 0.3 is 0 Å². The molecule has 1 aromatic heterocycles. The Labute approximate surface area is 119 Å². The van der Waals surface area contributed by atoms with Crippen LogP contribution in [0, 0.1) is 5.92 Å². The Morgan fingerprint density at radius 1 is 1.58 bits per heavy atom. The molecule has 2 N–H and O–H groups in total. The van der Waals surface area contributed by atoms with Crippen molar-refractivity contribution in [2.45, 2.75) is 31.9 Å². The largest absolute Gasteiger partial charge is 0.389 e. The topological polar surface area (TPSA) is 54.4 Å². The van der Waals surface area contributed by atoms with Crippen molar-refractivity contribution in [3.8, 4) is 0 Å². The van der Waals surface area contributed by atoms with Crippen LogP contribution in [0.2, 0.25) is 5.15 Å². The number of nitrogens with zero attached hydrogens (tertiary/aromatic N) is 1. The van der Waals surface area contributed by atoms with Crippen LogP contribution in [0.15, 0.2) is 18.3 Å². The number of hydrogen-bond acceptors (Lipinski definition) is 4. The first-order valence-corrected chi connectivity index (χ1v) is 7.14. The van der Waals surface area contributed by atoms with E-state index in [1.54, 1.807) is 6.20 Å². The van der Waals surface area contributed by atoms with E-state index in [9.17, 15) is 5.11 Å². The Hall–Kier alpha value is -0.680. The van der Waals surface area contributed by atoms with Crippen molar-refractivity contribution >= 4 is 11.6 Å². The summed E-state index contributed by atoms with van der Waals surface area (Å²) >= 11 is 6.02. The molecule has 1 aliphatic carbocycles. The Bertz CT molecular complexity index is 399. The van der Waals surface area contributed by atoms with Gasteiger partial charge in [-0.2, -0.15) is 0 Å². The van der Waals surface area contributed by atoms with Gasteiger partial charge in [0.2, 0.25) is 0 Å². The smallest absolute Gasteiger partial charge is 0.133 e. The van der Waals surface area contributed by atoms with Crippen LogP contribution in [0.4, 0.5) is 0 Å². The van der Waals surface area contributed by atoms with Gasteiger partial charge in [0, 0.05) is 31.0 Å². The van der Waals surface area contributed by atoms with E-state index < -0.39 is 6.10 Å². The van der Waals surface area contributed by atoms with Crippen LogP contribution < -0.4 is 5.32 Å². The molecule has 0 saturated heterocycles. The number of nitrogens with one attached hydrogen (secondary N) is 1. The number of pyridine rings is 1. The lowest BCUT2D eigenvalue weighted by molar-refractivity contribution is 0.0315. The minimum atomic E-state index is -0.489. The number of hydrogen-bond donors (Lipinski definition) is 2. The quantitative estimate of drug-likeness (QED) is 0.719. The van der Waals surface area contributed by atoms with Crippen LogP contribution in [0.25, 0.3) is 0 Å². The molecule has 0 radical (unpaired) electrons. The summed E-state index contributed by atoms with van der Waals surface area (Å²) in [6.45, 7) is 3.65. The Morgan fingerprint density at radius 3 is 3.05 bits per heavy atom. The van der Waals surface area contributed by atoms with E-state index in [2.05, 4.69) is 10.3 Å². The predicted octanol–water partition coefficient (Wildman–Crippen LogP) is 2.17. The minimum Gasteiger partial charge on any atom is -0.389 e. The van der Waals surface area contributed by atoms with Gasteiger partial charge in [-0.05, 0) is 31.7 Å². The maximum atomic E-state index is 9.81. The lowest BCUT2D eigenvalue weighted by atomic mass is 10.1.